The number of carbonyl (C=O) groups excluding carboxylic acids is 1. The summed E-state index contributed by atoms with van der Waals surface area (Å²) in [6.07, 6.45) is 1.11. The molecule has 12 heteroatoms. The molecule has 1 aliphatic carbocycles. The Morgan fingerprint density at radius 1 is 1.12 bits per heavy atom. The van der Waals surface area contributed by atoms with Gasteiger partial charge in [-0.25, -0.2) is 4.98 Å². The van der Waals surface area contributed by atoms with Gasteiger partial charge in [0.2, 0.25) is 5.75 Å². The summed E-state index contributed by atoms with van der Waals surface area (Å²) in [6.45, 7) is 0.579. The Kier molecular flexibility index (Phi) is 7.45. The van der Waals surface area contributed by atoms with Crippen LogP contribution in [-0.2, 0) is 17.7 Å². The van der Waals surface area contributed by atoms with Crippen LogP contribution in [0.5, 0.6) is 17.2 Å². The SMILES string of the molecule is COCCn1c(-c2cc(OC)c(OC)c(OC)c2Br)nc2sc3c(c2c1=O)CCC(Br)(Br)C3=O. The number of hydrogen-bond donors (Lipinski definition) is 0. The highest BCUT2D eigenvalue weighted by molar-refractivity contribution is 9.26. The monoisotopic (exact) mass is 678 g/mol. The summed E-state index contributed by atoms with van der Waals surface area (Å²) in [6, 6.07) is 1.74. The predicted molar refractivity (Wildman–Crippen MR) is 142 cm³/mol. The van der Waals surface area contributed by atoms with Crippen molar-refractivity contribution >= 4 is 75.1 Å². The van der Waals surface area contributed by atoms with Gasteiger partial charge in [-0.1, -0.05) is 31.9 Å². The molecule has 3 aromatic rings. The first-order valence-corrected chi connectivity index (χ1v) is 13.4. The van der Waals surface area contributed by atoms with E-state index in [4.69, 9.17) is 23.9 Å². The van der Waals surface area contributed by atoms with E-state index in [1.54, 1.807) is 17.7 Å². The number of aromatic nitrogens is 2. The number of thiophene rings is 1. The van der Waals surface area contributed by atoms with E-state index in [9.17, 15) is 9.59 Å². The molecule has 0 aliphatic heterocycles. The van der Waals surface area contributed by atoms with Crippen molar-refractivity contribution in [2.24, 2.45) is 0 Å². The van der Waals surface area contributed by atoms with Gasteiger partial charge in [0.1, 0.15) is 13.9 Å². The fourth-order valence-electron chi connectivity index (χ4n) is 4.00. The summed E-state index contributed by atoms with van der Waals surface area (Å²) in [4.78, 5) is 32.8. The highest BCUT2D eigenvalue weighted by Crippen LogP contribution is 2.49. The molecule has 0 saturated heterocycles. The van der Waals surface area contributed by atoms with Gasteiger partial charge in [0, 0.05) is 12.7 Å². The molecule has 0 unspecified atom stereocenters. The number of Topliss-reactive ketones (excluding diaryl/α,β-unsaturated/α-hetero) is 1. The largest absolute Gasteiger partial charge is 0.493 e. The Morgan fingerprint density at radius 3 is 2.44 bits per heavy atom. The molecule has 182 valence electrons. The van der Waals surface area contributed by atoms with Crippen molar-refractivity contribution < 1.29 is 23.7 Å². The molecular weight excluding hydrogens is 660 g/mol. The van der Waals surface area contributed by atoms with Gasteiger partial charge in [-0.3, -0.25) is 14.2 Å². The molecule has 2 aromatic heterocycles. The molecule has 0 atom stereocenters. The molecule has 34 heavy (non-hydrogen) atoms. The number of fused-ring (bicyclic) bond motifs is 3. The van der Waals surface area contributed by atoms with Gasteiger partial charge < -0.3 is 18.9 Å². The molecule has 0 amide bonds. The van der Waals surface area contributed by atoms with E-state index in [1.807, 2.05) is 0 Å². The molecule has 0 bridgehead atoms. The number of carbonyl (C=O) groups is 1. The van der Waals surface area contributed by atoms with E-state index < -0.39 is 3.23 Å². The van der Waals surface area contributed by atoms with Gasteiger partial charge in [0.05, 0.1) is 49.2 Å². The molecule has 0 N–H and O–H groups in total. The standard InChI is InChI=1S/C22H21Br3N2O6S/c1-30-8-7-27-19(11-9-12(31-2)15(32-3)16(33-4)14(11)23)26-20-13(21(27)29)10-5-6-22(24,25)18(28)17(10)34-20/h9H,5-8H2,1-4H3. The number of ether oxygens (including phenoxy) is 4. The quantitative estimate of drug-likeness (QED) is 0.318. The van der Waals surface area contributed by atoms with Crippen molar-refractivity contribution in [1.82, 2.24) is 9.55 Å². The Hall–Kier alpha value is -1.47. The first kappa shape index (κ1) is 25.6. The maximum absolute atomic E-state index is 13.8. The van der Waals surface area contributed by atoms with E-state index in [-0.39, 0.29) is 17.9 Å². The Bertz CT molecular complexity index is 1350. The Balaban J connectivity index is 2.06. The second kappa shape index (κ2) is 9.88. The molecule has 0 saturated carbocycles. The van der Waals surface area contributed by atoms with Crippen molar-refractivity contribution in [3.8, 4) is 28.6 Å². The zero-order valence-electron chi connectivity index (χ0n) is 18.8. The zero-order chi connectivity index (χ0) is 24.8. The topological polar surface area (TPSA) is 88.9 Å². The average Bonchev–Trinajstić information content (AvgIpc) is 3.19. The van der Waals surface area contributed by atoms with Crippen LogP contribution >= 0.6 is 59.1 Å². The van der Waals surface area contributed by atoms with Crippen LogP contribution in [0.15, 0.2) is 15.3 Å². The van der Waals surface area contributed by atoms with Crippen LogP contribution in [-0.4, -0.2) is 53.6 Å². The molecule has 0 fully saturated rings. The van der Waals surface area contributed by atoms with Gasteiger partial charge in [-0.05, 0) is 40.4 Å². The van der Waals surface area contributed by atoms with Gasteiger partial charge in [-0.15, -0.1) is 11.3 Å². The van der Waals surface area contributed by atoms with E-state index in [2.05, 4.69) is 47.8 Å². The molecule has 2 heterocycles. The number of methoxy groups -OCH3 is 4. The van der Waals surface area contributed by atoms with Gasteiger partial charge in [0.15, 0.2) is 17.3 Å². The summed E-state index contributed by atoms with van der Waals surface area (Å²) in [5.41, 5.74) is 1.11. The molecule has 8 nitrogen and oxygen atoms in total. The van der Waals surface area contributed by atoms with Crippen LogP contribution in [0.1, 0.15) is 21.7 Å². The number of benzene rings is 1. The van der Waals surface area contributed by atoms with Crippen molar-refractivity contribution in [2.45, 2.75) is 22.6 Å². The smallest absolute Gasteiger partial charge is 0.262 e. The number of halogens is 3. The minimum absolute atomic E-state index is 0.102. The lowest BCUT2D eigenvalue weighted by Crippen LogP contribution is -2.31. The fourth-order valence-corrected chi connectivity index (χ4v) is 6.92. The van der Waals surface area contributed by atoms with Crippen molar-refractivity contribution in [3.05, 3.63) is 31.3 Å². The van der Waals surface area contributed by atoms with E-state index in [1.165, 1.54) is 32.7 Å². The first-order valence-electron chi connectivity index (χ1n) is 10.2. The van der Waals surface area contributed by atoms with Crippen molar-refractivity contribution in [1.29, 1.82) is 0 Å². The maximum Gasteiger partial charge on any atom is 0.262 e. The lowest BCUT2D eigenvalue weighted by atomic mass is 9.96. The highest BCUT2D eigenvalue weighted by atomic mass is 79.9. The molecule has 1 aliphatic rings. The van der Waals surface area contributed by atoms with Gasteiger partial charge in [-0.2, -0.15) is 0 Å². The highest BCUT2D eigenvalue weighted by Gasteiger charge is 2.41. The number of rotatable bonds is 7. The maximum atomic E-state index is 13.8. The summed E-state index contributed by atoms with van der Waals surface area (Å²) in [5.74, 6) is 1.55. The summed E-state index contributed by atoms with van der Waals surface area (Å²) in [7, 11) is 6.14. The second-order valence-corrected chi connectivity index (χ2v) is 13.1. The summed E-state index contributed by atoms with van der Waals surface area (Å²) < 4.78 is 23.1. The summed E-state index contributed by atoms with van der Waals surface area (Å²) >= 11 is 11.8. The Morgan fingerprint density at radius 2 is 1.82 bits per heavy atom. The number of aryl methyl sites for hydroxylation is 1. The molecule has 0 radical (unpaired) electrons. The lowest BCUT2D eigenvalue weighted by molar-refractivity contribution is 0.0977. The van der Waals surface area contributed by atoms with Crippen LogP contribution in [0, 0.1) is 0 Å². The van der Waals surface area contributed by atoms with Crippen LogP contribution in [0.4, 0.5) is 0 Å². The van der Waals surface area contributed by atoms with Crippen LogP contribution in [0.2, 0.25) is 0 Å². The normalized spacial score (nSPS) is 14.9. The molecule has 0 spiro atoms. The third kappa shape index (κ3) is 4.11. The van der Waals surface area contributed by atoms with Gasteiger partial charge >= 0.3 is 0 Å². The Labute approximate surface area is 224 Å². The van der Waals surface area contributed by atoms with Crippen molar-refractivity contribution in [3.63, 3.8) is 0 Å². The summed E-state index contributed by atoms with van der Waals surface area (Å²) in [5, 5.41) is 0.479. The number of ketones is 1. The van der Waals surface area contributed by atoms with Crippen LogP contribution < -0.4 is 19.8 Å². The lowest BCUT2D eigenvalue weighted by Gasteiger charge is -2.23. The van der Waals surface area contributed by atoms with Crippen LogP contribution in [0.3, 0.4) is 0 Å². The van der Waals surface area contributed by atoms with Crippen molar-refractivity contribution in [2.75, 3.05) is 35.0 Å². The third-order valence-electron chi connectivity index (χ3n) is 5.67. The van der Waals surface area contributed by atoms with Gasteiger partial charge in [0.25, 0.3) is 5.56 Å². The number of hydrogen-bond acceptors (Lipinski definition) is 8. The molecular formula is C22H21Br3N2O6S. The van der Waals surface area contributed by atoms with Crippen LogP contribution in [0.25, 0.3) is 21.6 Å². The number of alkyl halides is 2. The minimum atomic E-state index is -0.828. The minimum Gasteiger partial charge on any atom is -0.493 e. The van der Waals surface area contributed by atoms with E-state index >= 15 is 0 Å². The predicted octanol–water partition coefficient (Wildman–Crippen LogP) is 5.17. The fraction of sp³-hybridized carbons (Fsp3) is 0.409. The zero-order valence-corrected chi connectivity index (χ0v) is 24.4. The third-order valence-corrected chi connectivity index (χ3v) is 9.09. The number of nitrogens with zero attached hydrogens (tertiary/aromatic N) is 2. The molecule has 4 rings (SSSR count). The van der Waals surface area contributed by atoms with E-state index in [0.29, 0.717) is 67.7 Å². The van der Waals surface area contributed by atoms with E-state index in [0.717, 1.165) is 5.56 Å². The average molecular weight is 681 g/mol. The second-order valence-electron chi connectivity index (χ2n) is 7.52. The molecule has 1 aromatic carbocycles. The first-order chi connectivity index (χ1) is 16.2.